The second-order valence-corrected chi connectivity index (χ2v) is 20.6. The standard InChI is InChI=1S/C73H46N8/c1-6-23-47(24-7-1)67-74-68(48-25-8-2-9-26-48)76-70(75-67)50-29-22-34-54(45-50)80-63-39-20-17-36-57(63)59-43-44-60-58-37-18-21-40-64(58)81(66(60)65(59)80)72-78-69(49-27-10-3-11-28-49)77-71(79-72)51-41-42-56-55-35-16-19-38-61(55)73(62(56)46-51,52-30-12-4-13-31-52)53-32-14-5-15-33-53/h1-46H. The fraction of sp³-hybridized carbons (Fsp3) is 0.0137. The van der Waals surface area contributed by atoms with Crippen molar-refractivity contribution in [1.29, 1.82) is 0 Å². The molecule has 1 aliphatic carbocycles. The molecule has 16 rings (SSSR count). The zero-order chi connectivity index (χ0) is 53.4. The van der Waals surface area contributed by atoms with Gasteiger partial charge >= 0.3 is 0 Å². The summed E-state index contributed by atoms with van der Waals surface area (Å²) in [6.45, 7) is 0. The summed E-state index contributed by atoms with van der Waals surface area (Å²) in [7, 11) is 0. The molecule has 4 aromatic heterocycles. The van der Waals surface area contributed by atoms with Crippen molar-refractivity contribution in [3.05, 3.63) is 301 Å². The van der Waals surface area contributed by atoms with Crippen LogP contribution in [0.15, 0.2) is 279 Å². The first-order valence-electron chi connectivity index (χ1n) is 27.3. The van der Waals surface area contributed by atoms with Crippen LogP contribution in [0.1, 0.15) is 22.3 Å². The van der Waals surface area contributed by atoms with Gasteiger partial charge < -0.3 is 4.57 Å². The minimum Gasteiger partial charge on any atom is -0.307 e. The Morgan fingerprint density at radius 2 is 0.667 bits per heavy atom. The van der Waals surface area contributed by atoms with E-state index in [1.807, 2.05) is 78.9 Å². The zero-order valence-electron chi connectivity index (χ0n) is 43.6. The van der Waals surface area contributed by atoms with Gasteiger partial charge in [0.1, 0.15) is 0 Å². The summed E-state index contributed by atoms with van der Waals surface area (Å²) < 4.78 is 4.64. The molecular weight excluding hydrogens is 989 g/mol. The molecular formula is C73H46N8. The van der Waals surface area contributed by atoms with Crippen molar-refractivity contribution in [2.75, 3.05) is 0 Å². The first-order chi connectivity index (χ1) is 40.2. The van der Waals surface area contributed by atoms with Gasteiger partial charge in [-0.1, -0.05) is 249 Å². The van der Waals surface area contributed by atoms with E-state index in [1.54, 1.807) is 0 Å². The molecule has 0 atom stereocenters. The first kappa shape index (κ1) is 46.2. The minimum atomic E-state index is -0.608. The van der Waals surface area contributed by atoms with Gasteiger partial charge in [0, 0.05) is 55.0 Å². The number of hydrogen-bond donors (Lipinski definition) is 0. The summed E-state index contributed by atoms with van der Waals surface area (Å²) in [5, 5.41) is 4.38. The summed E-state index contributed by atoms with van der Waals surface area (Å²) >= 11 is 0. The van der Waals surface area contributed by atoms with E-state index in [0.717, 1.165) is 77.1 Å². The Kier molecular flexibility index (Phi) is 10.6. The van der Waals surface area contributed by atoms with Gasteiger partial charge in [0.25, 0.3) is 0 Å². The Labute approximate surface area is 466 Å². The lowest BCUT2D eigenvalue weighted by molar-refractivity contribution is 0.768. The third kappa shape index (κ3) is 7.31. The molecule has 0 radical (unpaired) electrons. The molecule has 81 heavy (non-hydrogen) atoms. The van der Waals surface area contributed by atoms with Crippen LogP contribution >= 0.6 is 0 Å². The lowest BCUT2D eigenvalue weighted by atomic mass is 9.67. The fourth-order valence-electron chi connectivity index (χ4n) is 12.6. The van der Waals surface area contributed by atoms with Crippen LogP contribution in [0.3, 0.4) is 0 Å². The lowest BCUT2D eigenvalue weighted by Crippen LogP contribution is -2.28. The van der Waals surface area contributed by atoms with Gasteiger partial charge in [0.15, 0.2) is 29.1 Å². The zero-order valence-corrected chi connectivity index (χ0v) is 43.6. The summed E-state index contributed by atoms with van der Waals surface area (Å²) in [5.74, 6) is 3.45. The van der Waals surface area contributed by atoms with Gasteiger partial charge in [-0.2, -0.15) is 9.97 Å². The highest BCUT2D eigenvalue weighted by Gasteiger charge is 2.46. The molecule has 0 unspecified atom stereocenters. The van der Waals surface area contributed by atoms with Gasteiger partial charge in [0.2, 0.25) is 5.95 Å². The maximum absolute atomic E-state index is 5.63. The molecule has 0 saturated carbocycles. The van der Waals surface area contributed by atoms with Gasteiger partial charge in [-0.05, 0) is 63.7 Å². The Bertz CT molecular complexity index is 4820. The molecule has 0 bridgehead atoms. The molecule has 8 nitrogen and oxygen atoms in total. The molecule has 0 saturated heterocycles. The largest absolute Gasteiger partial charge is 0.307 e. The molecule has 0 aliphatic heterocycles. The highest BCUT2D eigenvalue weighted by atomic mass is 15.2. The number of para-hydroxylation sites is 2. The summed E-state index contributed by atoms with van der Waals surface area (Å²) in [5.41, 5.74) is 16.0. The molecule has 0 spiro atoms. The van der Waals surface area contributed by atoms with Gasteiger partial charge in [-0.25, -0.2) is 19.9 Å². The number of fused-ring (bicyclic) bond motifs is 10. The summed E-state index contributed by atoms with van der Waals surface area (Å²) in [4.78, 5) is 31.8. The molecule has 0 N–H and O–H groups in total. The molecule has 8 heteroatoms. The average molecular weight is 1040 g/mol. The van der Waals surface area contributed by atoms with Crippen molar-refractivity contribution >= 4 is 43.6 Å². The maximum Gasteiger partial charge on any atom is 0.238 e. The van der Waals surface area contributed by atoms with E-state index in [2.05, 4.69) is 209 Å². The van der Waals surface area contributed by atoms with E-state index in [4.69, 9.17) is 29.9 Å². The van der Waals surface area contributed by atoms with Crippen molar-refractivity contribution in [3.63, 3.8) is 0 Å². The fourth-order valence-corrected chi connectivity index (χ4v) is 12.6. The Balaban J connectivity index is 0.948. The van der Waals surface area contributed by atoms with E-state index >= 15 is 0 Å². The number of rotatable bonds is 9. The van der Waals surface area contributed by atoms with Crippen LogP contribution < -0.4 is 0 Å². The Hall–Kier alpha value is -11.0. The smallest absolute Gasteiger partial charge is 0.238 e. The van der Waals surface area contributed by atoms with Gasteiger partial charge in [0.05, 0.1) is 27.5 Å². The molecule has 11 aromatic carbocycles. The van der Waals surface area contributed by atoms with Gasteiger partial charge in [-0.15, -0.1) is 0 Å². The van der Waals surface area contributed by atoms with Crippen molar-refractivity contribution in [1.82, 2.24) is 39.0 Å². The second kappa shape index (κ2) is 18.6. The summed E-state index contributed by atoms with van der Waals surface area (Å²) in [6.07, 6.45) is 0. The number of hydrogen-bond acceptors (Lipinski definition) is 6. The normalized spacial score (nSPS) is 12.5. The number of aromatic nitrogens is 8. The van der Waals surface area contributed by atoms with E-state index in [1.165, 1.54) is 33.4 Å². The Morgan fingerprint density at radius 1 is 0.259 bits per heavy atom. The molecule has 15 aromatic rings. The molecule has 0 fully saturated rings. The highest BCUT2D eigenvalue weighted by Crippen LogP contribution is 2.57. The third-order valence-electron chi connectivity index (χ3n) is 16.1. The second-order valence-electron chi connectivity index (χ2n) is 20.6. The Morgan fingerprint density at radius 3 is 1.23 bits per heavy atom. The van der Waals surface area contributed by atoms with Crippen LogP contribution in [0.25, 0.3) is 123 Å². The third-order valence-corrected chi connectivity index (χ3v) is 16.1. The summed E-state index contributed by atoms with van der Waals surface area (Å²) in [6, 6.07) is 98.2. The number of nitrogens with zero attached hydrogens (tertiary/aromatic N) is 8. The molecule has 378 valence electrons. The van der Waals surface area contributed by atoms with Crippen molar-refractivity contribution < 1.29 is 0 Å². The van der Waals surface area contributed by atoms with Crippen LogP contribution in [0.2, 0.25) is 0 Å². The lowest BCUT2D eigenvalue weighted by Gasteiger charge is -2.34. The predicted molar refractivity (Wildman–Crippen MR) is 326 cm³/mol. The molecule has 1 aliphatic rings. The highest BCUT2D eigenvalue weighted by molar-refractivity contribution is 6.23. The van der Waals surface area contributed by atoms with Crippen LogP contribution in [0.4, 0.5) is 0 Å². The predicted octanol–water partition coefficient (Wildman–Crippen LogP) is 16.9. The molecule has 0 amide bonds. The van der Waals surface area contributed by atoms with Crippen LogP contribution in [-0.2, 0) is 5.41 Å². The van der Waals surface area contributed by atoms with E-state index in [9.17, 15) is 0 Å². The van der Waals surface area contributed by atoms with Crippen LogP contribution in [0.5, 0.6) is 0 Å². The van der Waals surface area contributed by atoms with Crippen molar-refractivity contribution in [2.24, 2.45) is 0 Å². The van der Waals surface area contributed by atoms with E-state index < -0.39 is 5.41 Å². The van der Waals surface area contributed by atoms with Crippen molar-refractivity contribution in [3.8, 4) is 79.7 Å². The van der Waals surface area contributed by atoms with Crippen molar-refractivity contribution in [2.45, 2.75) is 5.41 Å². The topological polar surface area (TPSA) is 87.2 Å². The monoisotopic (exact) mass is 1030 g/mol. The average Bonchev–Trinajstić information content (AvgIpc) is 2.65. The quantitative estimate of drug-likeness (QED) is 0.143. The molecule has 4 heterocycles. The SMILES string of the molecule is c1ccc(-c2nc(-c3ccccc3)nc(-c3cccc(-n4c5ccccc5c5ccc6c7ccccc7n(-c7nc(-c8ccccc8)nc(-c8ccc9c(c8)C(c8ccccc8)(c8ccccc8)c8ccccc8-9)n7)c6c54)c3)n2)cc1. The van der Waals surface area contributed by atoms with E-state index in [0.29, 0.717) is 35.1 Å². The first-order valence-corrected chi connectivity index (χ1v) is 27.3. The van der Waals surface area contributed by atoms with E-state index in [-0.39, 0.29) is 0 Å². The number of benzene rings is 11. The minimum absolute atomic E-state index is 0.511. The van der Waals surface area contributed by atoms with Crippen LogP contribution in [-0.4, -0.2) is 39.0 Å². The van der Waals surface area contributed by atoms with Gasteiger partial charge in [-0.3, -0.25) is 4.57 Å². The maximum atomic E-state index is 5.63. The van der Waals surface area contributed by atoms with Crippen LogP contribution in [0, 0.1) is 0 Å².